The minimum absolute atomic E-state index is 0.00655. The van der Waals surface area contributed by atoms with Crippen molar-refractivity contribution < 1.29 is 17.9 Å². The van der Waals surface area contributed by atoms with Crippen LogP contribution in [0.15, 0.2) is 23.0 Å². The van der Waals surface area contributed by atoms with Gasteiger partial charge in [0.2, 0.25) is 5.95 Å². The molecule has 3 aromatic rings. The predicted octanol–water partition coefficient (Wildman–Crippen LogP) is 1.80. The number of hydrogen-bond donors (Lipinski definition) is 2. The molecule has 0 radical (unpaired) electrons. The molecule has 0 saturated carbocycles. The van der Waals surface area contributed by atoms with E-state index in [1.807, 2.05) is 0 Å². The van der Waals surface area contributed by atoms with Gasteiger partial charge in [-0.05, 0) is 17.7 Å². The largest absolute Gasteiger partial charge is 0.383 e. The molecule has 0 atom stereocenters. The van der Waals surface area contributed by atoms with Gasteiger partial charge in [-0.3, -0.25) is 14.5 Å². The summed E-state index contributed by atoms with van der Waals surface area (Å²) in [5.41, 5.74) is -0.344. The summed E-state index contributed by atoms with van der Waals surface area (Å²) in [5, 5.41) is 6.37. The van der Waals surface area contributed by atoms with Gasteiger partial charge in [0.1, 0.15) is 0 Å². The smallest absolute Gasteiger partial charge is 0.278 e. The Kier molecular flexibility index (Phi) is 4.70. The van der Waals surface area contributed by atoms with Crippen molar-refractivity contribution in [1.82, 2.24) is 19.7 Å². The summed E-state index contributed by atoms with van der Waals surface area (Å²) in [6, 6.07) is 3.39. The molecule has 0 aliphatic rings. The van der Waals surface area contributed by atoms with Crippen LogP contribution in [0.1, 0.15) is 5.56 Å². The van der Waals surface area contributed by atoms with Crippen LogP contribution in [0.25, 0.3) is 11.0 Å². The van der Waals surface area contributed by atoms with E-state index in [0.29, 0.717) is 5.56 Å². The average Bonchev–Trinajstić information content (AvgIpc) is 2.90. The first-order valence-electron chi connectivity index (χ1n) is 7.32. The van der Waals surface area contributed by atoms with E-state index >= 15 is 0 Å². The number of fused-ring (bicyclic) bond motifs is 1. The van der Waals surface area contributed by atoms with Crippen LogP contribution in [0.4, 0.5) is 19.1 Å². The van der Waals surface area contributed by atoms with Crippen molar-refractivity contribution in [2.75, 3.05) is 19.0 Å². The Balaban J connectivity index is 1.86. The number of aromatic amines is 1. The molecular formula is C15H14F3N5O2. The number of benzene rings is 1. The molecule has 3 rings (SSSR count). The summed E-state index contributed by atoms with van der Waals surface area (Å²) >= 11 is 0. The van der Waals surface area contributed by atoms with Crippen molar-refractivity contribution in [1.29, 1.82) is 0 Å². The lowest BCUT2D eigenvalue weighted by Crippen LogP contribution is -2.17. The van der Waals surface area contributed by atoms with Crippen LogP contribution in [0, 0.1) is 17.6 Å². The fourth-order valence-electron chi connectivity index (χ4n) is 2.31. The second-order valence-electron chi connectivity index (χ2n) is 5.22. The highest BCUT2D eigenvalue weighted by Gasteiger charge is 2.16. The number of methoxy groups -OCH3 is 1. The monoisotopic (exact) mass is 353 g/mol. The standard InChI is InChI=1S/C15H14F3N5O2/c1-25-5-4-23-12-11(13(18)22-23)20-15(21-14(12)24)19-7-8-2-3-9(16)10(17)6-8/h2-3,6H,4-5,7H2,1H3,(H2,19,20,21,24). The highest BCUT2D eigenvalue weighted by Crippen LogP contribution is 2.14. The third-order valence-corrected chi connectivity index (χ3v) is 3.51. The molecule has 10 heteroatoms. The molecule has 7 nitrogen and oxygen atoms in total. The Morgan fingerprint density at radius 2 is 2.08 bits per heavy atom. The van der Waals surface area contributed by atoms with Crippen molar-refractivity contribution in [2.24, 2.45) is 0 Å². The summed E-state index contributed by atoms with van der Waals surface area (Å²) in [7, 11) is 1.48. The minimum atomic E-state index is -0.985. The first-order valence-corrected chi connectivity index (χ1v) is 7.32. The van der Waals surface area contributed by atoms with Crippen LogP contribution in [0.3, 0.4) is 0 Å². The molecule has 132 valence electrons. The van der Waals surface area contributed by atoms with E-state index in [4.69, 9.17) is 4.74 Å². The van der Waals surface area contributed by atoms with E-state index < -0.39 is 23.1 Å². The lowest BCUT2D eigenvalue weighted by Gasteiger charge is -2.06. The quantitative estimate of drug-likeness (QED) is 0.706. The Morgan fingerprint density at radius 1 is 1.28 bits per heavy atom. The van der Waals surface area contributed by atoms with Gasteiger partial charge in [-0.1, -0.05) is 6.07 Å². The lowest BCUT2D eigenvalue weighted by atomic mass is 10.2. The zero-order chi connectivity index (χ0) is 18.0. The topological polar surface area (TPSA) is 84.8 Å². The summed E-state index contributed by atoms with van der Waals surface area (Å²) in [6.45, 7) is 0.514. The molecule has 0 aliphatic heterocycles. The number of hydrogen-bond acceptors (Lipinski definition) is 5. The Morgan fingerprint density at radius 3 is 2.80 bits per heavy atom. The number of nitrogens with one attached hydrogen (secondary N) is 2. The van der Waals surface area contributed by atoms with Gasteiger partial charge in [-0.25, -0.2) is 13.8 Å². The van der Waals surface area contributed by atoms with E-state index in [1.165, 1.54) is 17.9 Å². The van der Waals surface area contributed by atoms with Crippen LogP contribution in [0.2, 0.25) is 0 Å². The normalized spacial score (nSPS) is 11.2. The van der Waals surface area contributed by atoms with E-state index in [0.717, 1.165) is 12.1 Å². The number of halogens is 3. The number of aromatic nitrogens is 4. The number of ether oxygens (including phenoxy) is 1. The van der Waals surface area contributed by atoms with Crippen LogP contribution < -0.4 is 10.9 Å². The van der Waals surface area contributed by atoms with Crippen molar-refractivity contribution in [3.63, 3.8) is 0 Å². The molecule has 0 aliphatic carbocycles. The molecule has 2 aromatic heterocycles. The molecule has 0 bridgehead atoms. The van der Waals surface area contributed by atoms with Gasteiger partial charge in [-0.2, -0.15) is 4.39 Å². The highest BCUT2D eigenvalue weighted by atomic mass is 19.2. The maximum atomic E-state index is 13.9. The molecule has 2 N–H and O–H groups in total. The van der Waals surface area contributed by atoms with Crippen LogP contribution in [-0.2, 0) is 17.8 Å². The molecule has 0 amide bonds. The van der Waals surface area contributed by atoms with Gasteiger partial charge in [0.05, 0.1) is 13.2 Å². The highest BCUT2D eigenvalue weighted by molar-refractivity contribution is 5.74. The third-order valence-electron chi connectivity index (χ3n) is 3.51. The second-order valence-corrected chi connectivity index (χ2v) is 5.22. The summed E-state index contributed by atoms with van der Waals surface area (Å²) in [6.07, 6.45) is 0. The number of nitrogens with zero attached hydrogens (tertiary/aromatic N) is 3. The number of H-pyrrole nitrogens is 1. The fraction of sp³-hybridized carbons (Fsp3) is 0.267. The molecule has 2 heterocycles. The van der Waals surface area contributed by atoms with Crippen molar-refractivity contribution >= 4 is 17.0 Å². The maximum absolute atomic E-state index is 13.9. The van der Waals surface area contributed by atoms with Gasteiger partial charge in [0.25, 0.3) is 11.5 Å². The minimum Gasteiger partial charge on any atom is -0.383 e. The first kappa shape index (κ1) is 17.0. The number of rotatable bonds is 6. The van der Waals surface area contributed by atoms with E-state index in [1.54, 1.807) is 0 Å². The first-order chi connectivity index (χ1) is 12.0. The zero-order valence-corrected chi connectivity index (χ0v) is 13.1. The Labute approximate surface area is 139 Å². The van der Waals surface area contributed by atoms with Crippen molar-refractivity contribution in [2.45, 2.75) is 13.1 Å². The average molecular weight is 353 g/mol. The molecule has 1 aromatic carbocycles. The molecule has 0 unspecified atom stereocenters. The summed E-state index contributed by atoms with van der Waals surface area (Å²) in [4.78, 5) is 18.6. The molecule has 0 fully saturated rings. The maximum Gasteiger partial charge on any atom is 0.278 e. The molecule has 25 heavy (non-hydrogen) atoms. The van der Waals surface area contributed by atoms with Gasteiger partial charge in [-0.15, -0.1) is 5.10 Å². The van der Waals surface area contributed by atoms with Gasteiger partial charge in [0.15, 0.2) is 22.7 Å². The van der Waals surface area contributed by atoms with Gasteiger partial charge >= 0.3 is 0 Å². The fourth-order valence-corrected chi connectivity index (χ4v) is 2.31. The Bertz CT molecular complexity index is 970. The zero-order valence-electron chi connectivity index (χ0n) is 13.1. The lowest BCUT2D eigenvalue weighted by molar-refractivity contribution is 0.184. The van der Waals surface area contributed by atoms with Crippen LogP contribution in [-0.4, -0.2) is 33.5 Å². The Hall–Kier alpha value is -2.88. The summed E-state index contributed by atoms with van der Waals surface area (Å²) in [5.74, 6) is -2.83. The second kappa shape index (κ2) is 6.93. The van der Waals surface area contributed by atoms with Gasteiger partial charge < -0.3 is 10.1 Å². The SMILES string of the molecule is COCCn1nc(F)c2nc(NCc3ccc(F)c(F)c3)[nH]c(=O)c21. The van der Waals surface area contributed by atoms with Gasteiger partial charge in [0, 0.05) is 13.7 Å². The molecular weight excluding hydrogens is 339 g/mol. The van der Waals surface area contributed by atoms with Crippen LogP contribution >= 0.6 is 0 Å². The van der Waals surface area contributed by atoms with E-state index in [2.05, 4.69) is 20.4 Å². The molecule has 0 spiro atoms. The van der Waals surface area contributed by atoms with Crippen molar-refractivity contribution in [3.05, 3.63) is 51.7 Å². The van der Waals surface area contributed by atoms with Crippen LogP contribution in [0.5, 0.6) is 0 Å². The predicted molar refractivity (Wildman–Crippen MR) is 83.7 cm³/mol. The van der Waals surface area contributed by atoms with E-state index in [9.17, 15) is 18.0 Å². The summed E-state index contributed by atoms with van der Waals surface area (Å²) < 4.78 is 46.1. The number of anilines is 1. The van der Waals surface area contributed by atoms with Crippen molar-refractivity contribution in [3.8, 4) is 0 Å². The third kappa shape index (κ3) is 3.48. The van der Waals surface area contributed by atoms with E-state index in [-0.39, 0.29) is 36.7 Å². The molecule has 0 saturated heterocycles.